The molecule has 1 fully saturated rings. The predicted octanol–water partition coefficient (Wildman–Crippen LogP) is 4.71. The average molecular weight is 565 g/mol. The van der Waals surface area contributed by atoms with Gasteiger partial charge in [0.2, 0.25) is 0 Å². The zero-order valence-corrected chi connectivity index (χ0v) is 21.4. The van der Waals surface area contributed by atoms with Crippen LogP contribution in [0.5, 0.6) is 11.5 Å². The quantitative estimate of drug-likeness (QED) is 0.314. The van der Waals surface area contributed by atoms with Crippen molar-refractivity contribution in [3.05, 3.63) is 93.0 Å². The van der Waals surface area contributed by atoms with E-state index in [4.69, 9.17) is 14.6 Å². The van der Waals surface area contributed by atoms with Gasteiger partial charge in [0.25, 0.3) is 11.8 Å². The van der Waals surface area contributed by atoms with Gasteiger partial charge in [-0.15, -0.1) is 0 Å². The third-order valence-electron chi connectivity index (χ3n) is 5.61. The highest BCUT2D eigenvalue weighted by Gasteiger charge is 2.37. The second-order valence-corrected chi connectivity index (χ2v) is 8.97. The molecule has 10 heteroatoms. The third-order valence-corrected chi connectivity index (χ3v) is 6.11. The van der Waals surface area contributed by atoms with E-state index < -0.39 is 23.8 Å². The molecule has 1 heterocycles. The zero-order chi connectivity index (χ0) is 26.7. The monoisotopic (exact) mass is 564 g/mol. The van der Waals surface area contributed by atoms with Crippen molar-refractivity contribution in [2.24, 2.45) is 0 Å². The number of ether oxygens (including phenoxy) is 2. The van der Waals surface area contributed by atoms with E-state index in [1.165, 1.54) is 25.3 Å². The Morgan fingerprint density at radius 1 is 1.08 bits per heavy atom. The number of barbiturate groups is 1. The number of carboxylic acid groups (broad SMARTS) is 1. The van der Waals surface area contributed by atoms with Crippen LogP contribution in [0.3, 0.4) is 0 Å². The van der Waals surface area contributed by atoms with E-state index >= 15 is 0 Å². The molecule has 0 bridgehead atoms. The van der Waals surface area contributed by atoms with Crippen LogP contribution >= 0.6 is 15.9 Å². The molecule has 188 valence electrons. The van der Waals surface area contributed by atoms with E-state index in [-0.39, 0.29) is 23.5 Å². The number of rotatable bonds is 7. The van der Waals surface area contributed by atoms with Crippen molar-refractivity contribution in [3.8, 4) is 11.5 Å². The van der Waals surface area contributed by atoms with Crippen LogP contribution in [0.1, 0.15) is 27.0 Å². The second kappa shape index (κ2) is 10.7. The molecule has 0 atom stereocenters. The molecule has 0 saturated carbocycles. The Morgan fingerprint density at radius 3 is 2.46 bits per heavy atom. The van der Waals surface area contributed by atoms with Crippen molar-refractivity contribution in [1.29, 1.82) is 0 Å². The third kappa shape index (κ3) is 5.39. The molecule has 2 N–H and O–H groups in total. The Hall–Kier alpha value is -4.44. The molecule has 3 aromatic rings. The lowest BCUT2D eigenvalue weighted by Crippen LogP contribution is -2.54. The number of amides is 4. The molecule has 4 rings (SSSR count). The van der Waals surface area contributed by atoms with Crippen molar-refractivity contribution < 1.29 is 33.8 Å². The van der Waals surface area contributed by atoms with Gasteiger partial charge in [0.15, 0.2) is 11.5 Å². The summed E-state index contributed by atoms with van der Waals surface area (Å²) in [5.74, 6) is -2.02. The summed E-state index contributed by atoms with van der Waals surface area (Å²) in [7, 11) is 1.45. The number of nitrogens with one attached hydrogen (secondary N) is 1. The number of halogens is 1. The molecule has 1 aliphatic rings. The lowest BCUT2D eigenvalue weighted by molar-refractivity contribution is -0.122. The van der Waals surface area contributed by atoms with Crippen LogP contribution in [0.2, 0.25) is 0 Å². The normalized spacial score (nSPS) is 14.5. The highest BCUT2D eigenvalue weighted by atomic mass is 79.9. The number of hydrogen-bond donors (Lipinski definition) is 2. The number of aryl methyl sites for hydroxylation is 1. The van der Waals surface area contributed by atoms with E-state index in [1.54, 1.807) is 55.5 Å². The summed E-state index contributed by atoms with van der Waals surface area (Å²) in [5.41, 5.74) is 1.96. The summed E-state index contributed by atoms with van der Waals surface area (Å²) in [4.78, 5) is 50.7. The van der Waals surface area contributed by atoms with Gasteiger partial charge < -0.3 is 14.6 Å². The van der Waals surface area contributed by atoms with Gasteiger partial charge in [0, 0.05) is 10.0 Å². The number of imide groups is 2. The fourth-order valence-electron chi connectivity index (χ4n) is 3.76. The summed E-state index contributed by atoms with van der Waals surface area (Å²) < 4.78 is 12.2. The van der Waals surface area contributed by atoms with E-state index in [2.05, 4.69) is 21.2 Å². The summed E-state index contributed by atoms with van der Waals surface area (Å²) in [6.07, 6.45) is 1.34. The number of benzene rings is 3. The maximum absolute atomic E-state index is 13.4. The fraction of sp³-hybridized carbons (Fsp3) is 0.111. The number of carbonyl (C=O) groups excluding carboxylic acids is 3. The number of anilines is 1. The van der Waals surface area contributed by atoms with Gasteiger partial charge in [-0.25, -0.2) is 14.5 Å². The molecule has 0 spiro atoms. The van der Waals surface area contributed by atoms with E-state index in [0.717, 1.165) is 9.37 Å². The van der Waals surface area contributed by atoms with Crippen LogP contribution in [0.4, 0.5) is 10.5 Å². The number of carbonyl (C=O) groups is 4. The predicted molar refractivity (Wildman–Crippen MR) is 139 cm³/mol. The first-order valence-corrected chi connectivity index (χ1v) is 11.8. The highest BCUT2D eigenvalue weighted by Crippen LogP contribution is 2.34. The minimum atomic E-state index is -1.03. The highest BCUT2D eigenvalue weighted by molar-refractivity contribution is 9.10. The van der Waals surface area contributed by atoms with Gasteiger partial charge in [-0.05, 0) is 60.5 Å². The van der Waals surface area contributed by atoms with Gasteiger partial charge in [0.05, 0.1) is 18.4 Å². The number of aromatic carboxylic acids is 1. The summed E-state index contributed by atoms with van der Waals surface area (Å²) in [6, 6.07) is 15.4. The van der Waals surface area contributed by atoms with Crippen LogP contribution in [-0.4, -0.2) is 36.0 Å². The molecule has 0 aromatic heterocycles. The van der Waals surface area contributed by atoms with E-state index in [9.17, 15) is 19.2 Å². The Balaban J connectivity index is 1.69. The minimum absolute atomic E-state index is 0.0687. The average Bonchev–Trinajstić information content (AvgIpc) is 2.86. The van der Waals surface area contributed by atoms with Crippen LogP contribution in [0, 0.1) is 6.92 Å². The van der Waals surface area contributed by atoms with Gasteiger partial charge in [-0.1, -0.05) is 40.2 Å². The second-order valence-electron chi connectivity index (χ2n) is 8.06. The van der Waals surface area contributed by atoms with Crippen LogP contribution in [0.25, 0.3) is 6.08 Å². The smallest absolute Gasteiger partial charge is 0.335 e. The number of carboxylic acids is 1. The Morgan fingerprint density at radius 2 is 1.81 bits per heavy atom. The van der Waals surface area contributed by atoms with E-state index in [1.807, 2.05) is 0 Å². The number of para-hydroxylation sites is 1. The summed E-state index contributed by atoms with van der Waals surface area (Å²) in [6.45, 7) is 1.82. The standard InChI is InChI=1S/C27H21BrN2O7/c1-15-12-19(28)10-11-21(15)30-25(32)20(24(31)29-27(30)35)13-18-4-3-5-22(36-2)23(18)37-14-16-6-8-17(9-7-16)26(33)34/h3-13H,14H2,1-2H3,(H,33,34)(H,29,31,35)/b20-13+. The lowest BCUT2D eigenvalue weighted by atomic mass is 10.0. The molecule has 37 heavy (non-hydrogen) atoms. The molecule has 0 unspecified atom stereocenters. The molecule has 4 amide bonds. The molecule has 1 aliphatic heterocycles. The minimum Gasteiger partial charge on any atom is -0.493 e. The van der Waals surface area contributed by atoms with Gasteiger partial charge in [-0.3, -0.25) is 14.9 Å². The van der Waals surface area contributed by atoms with Crippen molar-refractivity contribution in [2.75, 3.05) is 12.0 Å². The van der Waals surface area contributed by atoms with Crippen molar-refractivity contribution in [1.82, 2.24) is 5.32 Å². The van der Waals surface area contributed by atoms with Crippen LogP contribution < -0.4 is 19.7 Å². The molecular weight excluding hydrogens is 544 g/mol. The zero-order valence-electron chi connectivity index (χ0n) is 19.8. The van der Waals surface area contributed by atoms with Gasteiger partial charge in [0.1, 0.15) is 12.2 Å². The Kier molecular flexibility index (Phi) is 7.40. The summed E-state index contributed by atoms with van der Waals surface area (Å²) >= 11 is 3.36. The topological polar surface area (TPSA) is 122 Å². The molecule has 1 saturated heterocycles. The first kappa shape index (κ1) is 25.6. The SMILES string of the molecule is COc1cccc(/C=C2\C(=O)NC(=O)N(c3ccc(Br)cc3C)C2=O)c1OCc1ccc(C(=O)O)cc1. The van der Waals surface area contributed by atoms with Crippen LogP contribution in [-0.2, 0) is 16.2 Å². The van der Waals surface area contributed by atoms with Gasteiger partial charge >= 0.3 is 12.0 Å². The fourth-order valence-corrected chi connectivity index (χ4v) is 4.24. The first-order chi connectivity index (χ1) is 17.7. The van der Waals surface area contributed by atoms with Crippen LogP contribution in [0.15, 0.2) is 70.7 Å². The van der Waals surface area contributed by atoms with Crippen molar-refractivity contribution >= 4 is 51.5 Å². The Bertz CT molecular complexity index is 1450. The molecule has 0 radical (unpaired) electrons. The number of nitrogens with zero attached hydrogens (tertiary/aromatic N) is 1. The molecular formula is C27H21BrN2O7. The maximum atomic E-state index is 13.4. The summed E-state index contributed by atoms with van der Waals surface area (Å²) in [5, 5.41) is 11.3. The first-order valence-electron chi connectivity index (χ1n) is 11.0. The lowest BCUT2D eigenvalue weighted by Gasteiger charge is -2.27. The van der Waals surface area contributed by atoms with E-state index in [0.29, 0.717) is 28.1 Å². The maximum Gasteiger partial charge on any atom is 0.335 e. The number of urea groups is 1. The Labute approximate surface area is 220 Å². The van der Waals surface area contributed by atoms with Crippen molar-refractivity contribution in [3.63, 3.8) is 0 Å². The largest absolute Gasteiger partial charge is 0.493 e. The molecule has 0 aliphatic carbocycles. The molecule has 3 aromatic carbocycles. The molecule has 9 nitrogen and oxygen atoms in total. The van der Waals surface area contributed by atoms with Crippen molar-refractivity contribution in [2.45, 2.75) is 13.5 Å². The number of hydrogen-bond acceptors (Lipinski definition) is 6. The number of methoxy groups -OCH3 is 1. The van der Waals surface area contributed by atoms with Gasteiger partial charge in [-0.2, -0.15) is 0 Å².